The molecule has 24 heavy (non-hydrogen) atoms. The maximum Gasteiger partial charge on any atom is 0.408 e. The lowest BCUT2D eigenvalue weighted by Crippen LogP contribution is -2.45. The van der Waals surface area contributed by atoms with Gasteiger partial charge in [0, 0.05) is 11.7 Å². The smallest absolute Gasteiger partial charge is 0.408 e. The van der Waals surface area contributed by atoms with Gasteiger partial charge >= 0.3 is 6.09 Å². The van der Waals surface area contributed by atoms with Gasteiger partial charge < -0.3 is 14.8 Å². The molecule has 3 atom stereocenters. The molecule has 1 N–H and O–H groups in total. The van der Waals surface area contributed by atoms with Crippen LogP contribution in [0.4, 0.5) is 4.79 Å². The Bertz CT molecular complexity index is 723. The summed E-state index contributed by atoms with van der Waals surface area (Å²) in [7, 11) is -3.53. The molecule has 0 heterocycles. The highest BCUT2D eigenvalue weighted by molar-refractivity contribution is 7.92. The first kappa shape index (κ1) is 18.4. The van der Waals surface area contributed by atoms with Crippen LogP contribution in [0.25, 0.3) is 0 Å². The van der Waals surface area contributed by atoms with E-state index in [1.165, 1.54) is 6.92 Å². The highest BCUT2D eigenvalue weighted by Crippen LogP contribution is 2.55. The molecular weight excluding hydrogens is 330 g/mol. The Labute approximate surface area is 142 Å². The van der Waals surface area contributed by atoms with Gasteiger partial charge in [0.25, 0.3) is 0 Å². The fourth-order valence-electron chi connectivity index (χ4n) is 2.97. The summed E-state index contributed by atoms with van der Waals surface area (Å²) in [5.41, 5.74) is -1.54. The van der Waals surface area contributed by atoms with E-state index in [2.05, 4.69) is 5.32 Å². The number of hydrogen-bond acceptors (Lipinski definition) is 5. The molecule has 132 valence electrons. The van der Waals surface area contributed by atoms with Crippen LogP contribution in [0.1, 0.15) is 39.2 Å². The van der Waals surface area contributed by atoms with Gasteiger partial charge in [-0.25, -0.2) is 13.2 Å². The minimum Gasteiger partial charge on any atom is -0.444 e. The quantitative estimate of drug-likeness (QED) is 0.818. The molecule has 0 unspecified atom stereocenters. The first-order valence-electron chi connectivity index (χ1n) is 7.81. The monoisotopic (exact) mass is 353 g/mol. The molecule has 0 aromatic heterocycles. The molecule has 1 aromatic rings. The number of alkyl carbamates (subject to hydrolysis) is 1. The average Bonchev–Trinajstić information content (AvgIpc) is 3.16. The molecule has 7 heteroatoms. The van der Waals surface area contributed by atoms with Gasteiger partial charge in [-0.3, -0.25) is 0 Å². The number of amides is 1. The number of hydrogen-bond donors (Lipinski definition) is 1. The van der Waals surface area contributed by atoms with E-state index >= 15 is 0 Å². The molecule has 1 aliphatic rings. The minimum atomic E-state index is -3.53. The summed E-state index contributed by atoms with van der Waals surface area (Å²) in [5.74, 6) is -0.722. The second-order valence-corrected chi connectivity index (χ2v) is 9.35. The van der Waals surface area contributed by atoms with E-state index in [1.807, 2.05) is 0 Å². The van der Waals surface area contributed by atoms with Crippen molar-refractivity contribution in [2.24, 2.45) is 0 Å². The van der Waals surface area contributed by atoms with Crippen molar-refractivity contribution in [2.75, 3.05) is 5.75 Å². The van der Waals surface area contributed by atoms with E-state index in [9.17, 15) is 18.0 Å². The molecule has 2 rings (SSSR count). The van der Waals surface area contributed by atoms with Crippen molar-refractivity contribution in [2.45, 2.75) is 50.0 Å². The van der Waals surface area contributed by atoms with Gasteiger partial charge in [-0.2, -0.15) is 0 Å². The summed E-state index contributed by atoms with van der Waals surface area (Å²) < 4.78 is 30.1. The third kappa shape index (κ3) is 3.45. The maximum atomic E-state index is 12.4. The molecular formula is C17H23NO5S. The number of aldehydes is 1. The highest BCUT2D eigenvalue weighted by Gasteiger charge is 2.72. The summed E-state index contributed by atoms with van der Waals surface area (Å²) in [4.78, 5) is 23.9. The molecule has 1 fully saturated rings. The van der Waals surface area contributed by atoms with E-state index in [4.69, 9.17) is 4.74 Å². The summed E-state index contributed by atoms with van der Waals surface area (Å²) >= 11 is 0. The summed E-state index contributed by atoms with van der Waals surface area (Å²) in [6.07, 6.45) is -0.281. The zero-order valence-corrected chi connectivity index (χ0v) is 15.1. The number of carbonyl (C=O) groups is 2. The van der Waals surface area contributed by atoms with Crippen LogP contribution >= 0.6 is 0 Å². The highest BCUT2D eigenvalue weighted by atomic mass is 32.2. The molecule has 1 saturated carbocycles. The van der Waals surface area contributed by atoms with Crippen molar-refractivity contribution in [1.82, 2.24) is 5.32 Å². The van der Waals surface area contributed by atoms with E-state index in [0.717, 1.165) is 0 Å². The Morgan fingerprint density at radius 3 is 2.33 bits per heavy atom. The van der Waals surface area contributed by atoms with Crippen LogP contribution in [0.3, 0.4) is 0 Å². The predicted octanol–water partition coefficient (Wildman–Crippen LogP) is 2.05. The van der Waals surface area contributed by atoms with Crippen LogP contribution in [0.5, 0.6) is 0 Å². The SMILES string of the molecule is CCS(=O)(=O)[C@@H]1[C@@H](c2ccccc2)[C@@]1(C=O)NC(=O)OC(C)(C)C. The molecule has 0 aliphatic heterocycles. The normalized spacial score (nSPS) is 26.5. The number of sulfone groups is 1. The molecule has 1 amide bonds. The van der Waals surface area contributed by atoms with E-state index in [-0.39, 0.29) is 5.75 Å². The van der Waals surface area contributed by atoms with Gasteiger partial charge in [-0.1, -0.05) is 37.3 Å². The van der Waals surface area contributed by atoms with E-state index in [1.54, 1.807) is 51.1 Å². The standard InChI is InChI=1S/C17H23NO5S/c1-5-24(21,22)14-13(12-9-7-6-8-10-12)17(14,11-19)18-15(20)23-16(2,3)4/h6-11,13-14H,5H2,1-4H3,(H,18,20)/t13-,14-,17-/m1/s1. The van der Waals surface area contributed by atoms with Gasteiger partial charge in [0.05, 0.1) is 0 Å². The largest absolute Gasteiger partial charge is 0.444 e. The van der Waals surface area contributed by atoms with Crippen LogP contribution in [-0.2, 0) is 19.4 Å². The third-order valence-corrected chi connectivity index (χ3v) is 6.28. The van der Waals surface area contributed by atoms with Gasteiger partial charge in [0.2, 0.25) is 0 Å². The summed E-state index contributed by atoms with van der Waals surface area (Å²) in [5, 5.41) is 1.52. The van der Waals surface area contributed by atoms with Gasteiger partial charge in [0.1, 0.15) is 22.7 Å². The van der Waals surface area contributed by atoms with Crippen LogP contribution in [-0.4, -0.2) is 42.9 Å². The molecule has 1 aliphatic carbocycles. The fourth-order valence-corrected chi connectivity index (χ4v) is 4.90. The second kappa shape index (κ2) is 6.20. The predicted molar refractivity (Wildman–Crippen MR) is 90.6 cm³/mol. The topological polar surface area (TPSA) is 89.5 Å². The van der Waals surface area contributed by atoms with E-state index < -0.39 is 38.2 Å². The summed E-state index contributed by atoms with van der Waals surface area (Å²) in [6, 6.07) is 8.85. The minimum absolute atomic E-state index is 0.105. The number of carbonyl (C=O) groups excluding carboxylic acids is 2. The zero-order chi connectivity index (χ0) is 18.2. The van der Waals surface area contributed by atoms with Crippen molar-refractivity contribution < 1.29 is 22.7 Å². The van der Waals surface area contributed by atoms with Crippen LogP contribution < -0.4 is 5.32 Å². The van der Waals surface area contributed by atoms with Gasteiger partial charge in [0.15, 0.2) is 9.84 Å². The molecule has 0 bridgehead atoms. The molecule has 0 radical (unpaired) electrons. The molecule has 1 aromatic carbocycles. The Hall–Kier alpha value is -1.89. The van der Waals surface area contributed by atoms with Crippen LogP contribution in [0.2, 0.25) is 0 Å². The summed E-state index contributed by atoms with van der Waals surface area (Å²) in [6.45, 7) is 6.62. The first-order chi connectivity index (χ1) is 11.1. The van der Waals surface area contributed by atoms with Gasteiger partial charge in [-0.15, -0.1) is 0 Å². The zero-order valence-electron chi connectivity index (χ0n) is 14.3. The average molecular weight is 353 g/mol. The van der Waals surface area contributed by atoms with Crippen molar-refractivity contribution in [3.63, 3.8) is 0 Å². The Kier molecular flexibility index (Phi) is 4.77. The molecule has 6 nitrogen and oxygen atoms in total. The van der Waals surface area contributed by atoms with E-state index in [0.29, 0.717) is 11.8 Å². The molecule has 0 saturated heterocycles. The van der Waals surface area contributed by atoms with Crippen molar-refractivity contribution in [3.05, 3.63) is 35.9 Å². The lowest BCUT2D eigenvalue weighted by Gasteiger charge is -2.22. The van der Waals surface area contributed by atoms with Crippen LogP contribution in [0, 0.1) is 0 Å². The van der Waals surface area contributed by atoms with Gasteiger partial charge in [-0.05, 0) is 26.3 Å². The maximum absolute atomic E-state index is 12.4. The Morgan fingerprint density at radius 2 is 1.88 bits per heavy atom. The Balaban J connectivity index is 2.38. The lowest BCUT2D eigenvalue weighted by molar-refractivity contribution is -0.110. The number of rotatable bonds is 5. The van der Waals surface area contributed by atoms with Crippen molar-refractivity contribution in [1.29, 1.82) is 0 Å². The number of benzene rings is 1. The fraction of sp³-hybridized carbons (Fsp3) is 0.529. The first-order valence-corrected chi connectivity index (χ1v) is 9.53. The van der Waals surface area contributed by atoms with Crippen molar-refractivity contribution in [3.8, 4) is 0 Å². The van der Waals surface area contributed by atoms with Crippen molar-refractivity contribution >= 4 is 22.2 Å². The third-order valence-electron chi connectivity index (χ3n) is 4.04. The number of nitrogens with one attached hydrogen (secondary N) is 1. The lowest BCUT2D eigenvalue weighted by atomic mass is 10.1. The Morgan fingerprint density at radius 1 is 1.29 bits per heavy atom. The molecule has 0 spiro atoms. The number of ether oxygens (including phenoxy) is 1. The van der Waals surface area contributed by atoms with Crippen LogP contribution in [0.15, 0.2) is 30.3 Å². The second-order valence-electron chi connectivity index (χ2n) is 6.94.